The van der Waals surface area contributed by atoms with Crippen LogP contribution in [0.15, 0.2) is 22.7 Å². The van der Waals surface area contributed by atoms with Gasteiger partial charge in [-0.15, -0.1) is 0 Å². The molecule has 0 bridgehead atoms. The zero-order valence-electron chi connectivity index (χ0n) is 7.54. The highest BCUT2D eigenvalue weighted by molar-refractivity contribution is 9.10. The predicted molar refractivity (Wildman–Crippen MR) is 53.2 cm³/mol. The first kappa shape index (κ1) is 10.3. The minimum absolute atomic E-state index is 0.207. The van der Waals surface area contributed by atoms with Crippen LogP contribution in [-0.2, 0) is 4.74 Å². The highest BCUT2D eigenvalue weighted by atomic mass is 79.9. The van der Waals surface area contributed by atoms with Gasteiger partial charge in [0.05, 0.1) is 11.6 Å². The van der Waals surface area contributed by atoms with Gasteiger partial charge in [-0.2, -0.15) is 0 Å². The average Bonchev–Trinajstić information content (AvgIpc) is 2.15. The van der Waals surface area contributed by atoms with Gasteiger partial charge in [0.25, 0.3) is 0 Å². The van der Waals surface area contributed by atoms with Gasteiger partial charge in [-0.3, -0.25) is 0 Å². The fraction of sp³-hybridized carbons (Fsp3) is 0.333. The Morgan fingerprint density at radius 2 is 2.08 bits per heavy atom. The highest BCUT2D eigenvalue weighted by Crippen LogP contribution is 2.34. The molecule has 0 atom stereocenters. The van der Waals surface area contributed by atoms with E-state index < -0.39 is 0 Å². The lowest BCUT2D eigenvalue weighted by Crippen LogP contribution is -2.01. The van der Waals surface area contributed by atoms with Crippen LogP contribution < -0.4 is 9.47 Å². The van der Waals surface area contributed by atoms with Crippen LogP contribution in [0.5, 0.6) is 11.5 Å². The monoisotopic (exact) mass is 246 g/mol. The molecular formula is C9H11BrO3. The van der Waals surface area contributed by atoms with E-state index in [0.29, 0.717) is 11.5 Å². The summed E-state index contributed by atoms with van der Waals surface area (Å²) in [6, 6.07) is 5.59. The molecule has 0 aliphatic rings. The number of halogens is 1. The van der Waals surface area contributed by atoms with Crippen LogP contribution in [0.25, 0.3) is 0 Å². The summed E-state index contributed by atoms with van der Waals surface area (Å²) in [4.78, 5) is 0. The van der Waals surface area contributed by atoms with Crippen LogP contribution in [0.3, 0.4) is 0 Å². The van der Waals surface area contributed by atoms with Gasteiger partial charge < -0.3 is 14.2 Å². The molecule has 0 N–H and O–H groups in total. The van der Waals surface area contributed by atoms with E-state index in [1.807, 2.05) is 18.2 Å². The fourth-order valence-corrected chi connectivity index (χ4v) is 1.37. The van der Waals surface area contributed by atoms with Crippen molar-refractivity contribution in [2.24, 2.45) is 0 Å². The summed E-state index contributed by atoms with van der Waals surface area (Å²) in [5.41, 5.74) is 0. The van der Waals surface area contributed by atoms with E-state index in [1.54, 1.807) is 14.2 Å². The van der Waals surface area contributed by atoms with Gasteiger partial charge in [-0.05, 0) is 28.1 Å². The number of methoxy groups -OCH3 is 2. The quantitative estimate of drug-likeness (QED) is 0.765. The lowest BCUT2D eigenvalue weighted by Gasteiger charge is -2.10. The van der Waals surface area contributed by atoms with Crippen molar-refractivity contribution >= 4 is 15.9 Å². The molecular weight excluding hydrogens is 236 g/mol. The fourth-order valence-electron chi connectivity index (χ4n) is 0.908. The number of ether oxygens (including phenoxy) is 3. The molecule has 0 fully saturated rings. The molecule has 0 amide bonds. The van der Waals surface area contributed by atoms with Crippen LogP contribution in [-0.4, -0.2) is 21.0 Å². The lowest BCUT2D eigenvalue weighted by molar-refractivity contribution is 0.0486. The molecule has 1 aromatic rings. The van der Waals surface area contributed by atoms with Crippen molar-refractivity contribution in [3.63, 3.8) is 0 Å². The van der Waals surface area contributed by atoms with Crippen LogP contribution in [0.2, 0.25) is 0 Å². The van der Waals surface area contributed by atoms with E-state index in [2.05, 4.69) is 15.9 Å². The average molecular weight is 247 g/mol. The molecule has 0 saturated carbocycles. The summed E-state index contributed by atoms with van der Waals surface area (Å²) in [7, 11) is 3.17. The van der Waals surface area contributed by atoms with Crippen LogP contribution >= 0.6 is 15.9 Å². The smallest absolute Gasteiger partial charge is 0.188 e. The largest absolute Gasteiger partial charge is 0.493 e. The summed E-state index contributed by atoms with van der Waals surface area (Å²) >= 11 is 3.36. The summed E-state index contributed by atoms with van der Waals surface area (Å²) < 4.78 is 16.1. The van der Waals surface area contributed by atoms with Gasteiger partial charge in [-0.25, -0.2) is 0 Å². The highest BCUT2D eigenvalue weighted by Gasteiger charge is 2.07. The molecule has 0 spiro atoms. The molecule has 0 aliphatic carbocycles. The van der Waals surface area contributed by atoms with E-state index in [1.165, 1.54) is 0 Å². The summed E-state index contributed by atoms with van der Waals surface area (Å²) in [5, 5.41) is 0. The maximum atomic E-state index is 5.31. The maximum Gasteiger partial charge on any atom is 0.188 e. The van der Waals surface area contributed by atoms with Crippen molar-refractivity contribution in [2.75, 3.05) is 21.0 Å². The Morgan fingerprint density at radius 1 is 1.31 bits per heavy atom. The van der Waals surface area contributed by atoms with Crippen molar-refractivity contribution in [3.8, 4) is 11.5 Å². The van der Waals surface area contributed by atoms with E-state index in [0.717, 1.165) is 4.47 Å². The zero-order chi connectivity index (χ0) is 9.68. The van der Waals surface area contributed by atoms with Crippen molar-refractivity contribution in [2.45, 2.75) is 0 Å². The Kier molecular flexibility index (Phi) is 4.05. The Balaban J connectivity index is 2.87. The van der Waals surface area contributed by atoms with Crippen molar-refractivity contribution in [1.82, 2.24) is 0 Å². The van der Waals surface area contributed by atoms with E-state index in [4.69, 9.17) is 14.2 Å². The Hall–Kier alpha value is -0.740. The minimum atomic E-state index is 0.207. The third kappa shape index (κ3) is 2.60. The van der Waals surface area contributed by atoms with Crippen molar-refractivity contribution in [3.05, 3.63) is 22.7 Å². The summed E-state index contributed by atoms with van der Waals surface area (Å²) in [6.45, 7) is 0.207. The van der Waals surface area contributed by atoms with Crippen molar-refractivity contribution in [1.29, 1.82) is 0 Å². The van der Waals surface area contributed by atoms with E-state index >= 15 is 0 Å². The minimum Gasteiger partial charge on any atom is -0.493 e. The normalized spacial score (nSPS) is 9.77. The predicted octanol–water partition coefficient (Wildman–Crippen LogP) is 2.44. The van der Waals surface area contributed by atoms with Crippen LogP contribution in [0, 0.1) is 0 Å². The SMILES string of the molecule is COCOc1c(Br)cccc1OC. The second-order valence-electron chi connectivity index (χ2n) is 2.32. The molecule has 0 aliphatic heterocycles. The molecule has 0 heterocycles. The molecule has 0 saturated heterocycles. The van der Waals surface area contributed by atoms with Crippen LogP contribution in [0.4, 0.5) is 0 Å². The van der Waals surface area contributed by atoms with Gasteiger partial charge in [0, 0.05) is 7.11 Å². The van der Waals surface area contributed by atoms with E-state index in [9.17, 15) is 0 Å². The van der Waals surface area contributed by atoms with Crippen molar-refractivity contribution < 1.29 is 14.2 Å². The maximum absolute atomic E-state index is 5.31. The van der Waals surface area contributed by atoms with Gasteiger partial charge >= 0.3 is 0 Å². The molecule has 1 aromatic carbocycles. The first-order valence-electron chi connectivity index (χ1n) is 3.74. The number of benzene rings is 1. The van der Waals surface area contributed by atoms with E-state index in [-0.39, 0.29) is 6.79 Å². The summed E-state index contributed by atoms with van der Waals surface area (Å²) in [6.07, 6.45) is 0. The van der Waals surface area contributed by atoms with Crippen LogP contribution in [0.1, 0.15) is 0 Å². The Labute approximate surface area is 85.7 Å². The second-order valence-corrected chi connectivity index (χ2v) is 3.18. The van der Waals surface area contributed by atoms with Gasteiger partial charge in [-0.1, -0.05) is 6.07 Å². The Morgan fingerprint density at radius 3 is 2.69 bits per heavy atom. The van der Waals surface area contributed by atoms with Gasteiger partial charge in [0.15, 0.2) is 18.3 Å². The number of para-hydroxylation sites is 1. The first-order valence-corrected chi connectivity index (χ1v) is 4.53. The molecule has 3 nitrogen and oxygen atoms in total. The first-order chi connectivity index (χ1) is 6.29. The molecule has 1 rings (SSSR count). The Bertz CT molecular complexity index is 276. The standard InChI is InChI=1S/C9H11BrO3/c1-11-6-13-9-7(10)4-3-5-8(9)12-2/h3-5H,6H2,1-2H3. The molecule has 0 unspecified atom stereocenters. The number of hydrogen-bond acceptors (Lipinski definition) is 3. The summed E-state index contributed by atoms with van der Waals surface area (Å²) in [5.74, 6) is 1.35. The third-order valence-corrected chi connectivity index (χ3v) is 2.10. The topological polar surface area (TPSA) is 27.7 Å². The zero-order valence-corrected chi connectivity index (χ0v) is 9.13. The molecule has 13 heavy (non-hydrogen) atoms. The van der Waals surface area contributed by atoms with Gasteiger partial charge in [0.1, 0.15) is 0 Å². The van der Waals surface area contributed by atoms with Gasteiger partial charge in [0.2, 0.25) is 0 Å². The number of rotatable bonds is 4. The molecule has 72 valence electrons. The second kappa shape index (κ2) is 5.09. The lowest BCUT2D eigenvalue weighted by atomic mass is 10.3. The molecule has 0 radical (unpaired) electrons. The number of hydrogen-bond donors (Lipinski definition) is 0. The molecule has 0 aromatic heterocycles. The third-order valence-electron chi connectivity index (χ3n) is 1.47. The molecule has 4 heteroatoms.